The number of rotatable bonds is 2. The highest BCUT2D eigenvalue weighted by Gasteiger charge is 1.85. The van der Waals surface area contributed by atoms with Gasteiger partial charge < -0.3 is 16.0 Å². The van der Waals surface area contributed by atoms with Gasteiger partial charge in [0.15, 0.2) is 6.29 Å². The molecular formula is C4H13NO2. The third-order valence-corrected chi connectivity index (χ3v) is 0.408. The van der Waals surface area contributed by atoms with Gasteiger partial charge in [-0.25, -0.2) is 0 Å². The lowest BCUT2D eigenvalue weighted by molar-refractivity contribution is -0.0800. The van der Waals surface area contributed by atoms with Crippen LogP contribution in [-0.4, -0.2) is 18.0 Å². The second kappa shape index (κ2) is 5.88. The molecule has 0 radical (unpaired) electrons. The Labute approximate surface area is 43.9 Å². The molecule has 1 unspecified atom stereocenters. The molecule has 0 aromatic heterocycles. The van der Waals surface area contributed by atoms with Crippen LogP contribution in [0.5, 0.6) is 0 Å². The largest absolute Gasteiger partial charge is 0.368 e. The summed E-state index contributed by atoms with van der Waals surface area (Å²) in [5, 5.41) is 8.33. The molecule has 0 amide bonds. The van der Waals surface area contributed by atoms with Crippen LogP contribution in [0.2, 0.25) is 0 Å². The average Bonchev–Trinajstić information content (AvgIpc) is 1.35. The molecule has 0 aromatic carbocycles. The lowest BCUT2D eigenvalue weighted by Gasteiger charge is -1.99. The Morgan fingerprint density at radius 2 is 2.14 bits per heavy atom. The van der Waals surface area contributed by atoms with Gasteiger partial charge in [-0.1, -0.05) is 0 Å². The molecule has 0 aliphatic heterocycles. The van der Waals surface area contributed by atoms with Gasteiger partial charge in [-0.05, 0) is 13.8 Å². The van der Waals surface area contributed by atoms with E-state index in [1.165, 1.54) is 0 Å². The maximum atomic E-state index is 8.33. The van der Waals surface area contributed by atoms with Crippen LogP contribution in [0.15, 0.2) is 0 Å². The summed E-state index contributed by atoms with van der Waals surface area (Å²) in [6.07, 6.45) is -0.602. The Hall–Kier alpha value is -0.120. The molecule has 0 rings (SSSR count). The third-order valence-electron chi connectivity index (χ3n) is 0.408. The van der Waals surface area contributed by atoms with E-state index in [1.807, 2.05) is 6.92 Å². The van der Waals surface area contributed by atoms with Gasteiger partial charge in [-0.15, -0.1) is 0 Å². The lowest BCUT2D eigenvalue weighted by Crippen LogP contribution is -2.04. The van der Waals surface area contributed by atoms with E-state index >= 15 is 0 Å². The van der Waals surface area contributed by atoms with Crippen LogP contribution in [0.25, 0.3) is 0 Å². The summed E-state index contributed by atoms with van der Waals surface area (Å²) in [5.41, 5.74) is 0. The Balaban J connectivity index is 0. The van der Waals surface area contributed by atoms with Crippen LogP contribution in [0.4, 0.5) is 0 Å². The van der Waals surface area contributed by atoms with Crippen molar-refractivity contribution >= 4 is 0 Å². The Kier molecular flexibility index (Phi) is 8.39. The van der Waals surface area contributed by atoms with E-state index in [9.17, 15) is 0 Å². The summed E-state index contributed by atoms with van der Waals surface area (Å²) in [4.78, 5) is 0. The van der Waals surface area contributed by atoms with Crippen LogP contribution >= 0.6 is 0 Å². The van der Waals surface area contributed by atoms with Gasteiger partial charge in [0.1, 0.15) is 0 Å². The van der Waals surface area contributed by atoms with Crippen LogP contribution in [0.3, 0.4) is 0 Å². The SMILES string of the molecule is CCOC(C)O.N. The molecular weight excluding hydrogens is 94.0 g/mol. The molecule has 1 atom stereocenters. The summed E-state index contributed by atoms with van der Waals surface area (Å²) >= 11 is 0. The number of hydrogen-bond donors (Lipinski definition) is 2. The van der Waals surface area contributed by atoms with E-state index in [2.05, 4.69) is 4.74 Å². The minimum Gasteiger partial charge on any atom is -0.368 e. The molecule has 0 aliphatic rings. The molecule has 46 valence electrons. The van der Waals surface area contributed by atoms with E-state index in [0.29, 0.717) is 6.61 Å². The van der Waals surface area contributed by atoms with Crippen molar-refractivity contribution in [2.75, 3.05) is 6.61 Å². The summed E-state index contributed by atoms with van der Waals surface area (Å²) in [6.45, 7) is 4.01. The van der Waals surface area contributed by atoms with Crippen LogP contribution in [-0.2, 0) is 4.74 Å². The van der Waals surface area contributed by atoms with E-state index in [0.717, 1.165) is 0 Å². The summed E-state index contributed by atoms with van der Waals surface area (Å²) in [7, 11) is 0. The van der Waals surface area contributed by atoms with Crippen molar-refractivity contribution in [3.8, 4) is 0 Å². The van der Waals surface area contributed by atoms with E-state index in [1.54, 1.807) is 6.92 Å². The standard InChI is InChI=1S/C4H10O2.H3N/c1-3-6-4(2)5;/h4-5H,3H2,1-2H3;1H3. The van der Waals surface area contributed by atoms with Gasteiger partial charge in [-0.2, -0.15) is 0 Å². The third kappa shape index (κ3) is 10.7. The van der Waals surface area contributed by atoms with Crippen molar-refractivity contribution in [1.29, 1.82) is 0 Å². The molecule has 0 saturated carbocycles. The van der Waals surface area contributed by atoms with Crippen molar-refractivity contribution in [3.63, 3.8) is 0 Å². The molecule has 7 heavy (non-hydrogen) atoms. The lowest BCUT2D eigenvalue weighted by atomic mass is 10.7. The van der Waals surface area contributed by atoms with E-state index in [4.69, 9.17) is 5.11 Å². The van der Waals surface area contributed by atoms with Crippen molar-refractivity contribution in [2.24, 2.45) is 0 Å². The first-order chi connectivity index (χ1) is 2.77. The van der Waals surface area contributed by atoms with Crippen molar-refractivity contribution in [1.82, 2.24) is 6.15 Å². The number of aliphatic hydroxyl groups excluding tert-OH is 1. The summed E-state index contributed by atoms with van der Waals surface area (Å²) < 4.78 is 4.60. The van der Waals surface area contributed by atoms with Gasteiger partial charge >= 0.3 is 0 Å². The molecule has 4 N–H and O–H groups in total. The first-order valence-corrected chi connectivity index (χ1v) is 2.07. The second-order valence-corrected chi connectivity index (χ2v) is 1.05. The average molecular weight is 107 g/mol. The Morgan fingerprint density at radius 1 is 1.71 bits per heavy atom. The number of aliphatic hydroxyl groups is 1. The predicted octanol–water partition coefficient (Wildman–Crippen LogP) is 0.523. The molecule has 0 aromatic rings. The molecule has 0 spiro atoms. The fourth-order valence-corrected chi connectivity index (χ4v) is 0.241. The second-order valence-electron chi connectivity index (χ2n) is 1.05. The highest BCUT2D eigenvalue weighted by Crippen LogP contribution is 1.78. The van der Waals surface area contributed by atoms with Gasteiger partial charge in [0.05, 0.1) is 0 Å². The molecule has 3 heteroatoms. The zero-order valence-electron chi connectivity index (χ0n) is 4.85. The first-order valence-electron chi connectivity index (χ1n) is 2.07. The van der Waals surface area contributed by atoms with Gasteiger partial charge in [0.25, 0.3) is 0 Å². The Morgan fingerprint density at radius 3 is 2.14 bits per heavy atom. The number of ether oxygens (including phenoxy) is 1. The van der Waals surface area contributed by atoms with E-state index in [-0.39, 0.29) is 6.15 Å². The van der Waals surface area contributed by atoms with Crippen LogP contribution in [0, 0.1) is 0 Å². The molecule has 3 nitrogen and oxygen atoms in total. The summed E-state index contributed by atoms with van der Waals surface area (Å²) in [6, 6.07) is 0. The highest BCUT2D eigenvalue weighted by atomic mass is 16.6. The molecule has 0 heterocycles. The summed E-state index contributed by atoms with van der Waals surface area (Å²) in [5.74, 6) is 0. The minimum atomic E-state index is -0.602. The topological polar surface area (TPSA) is 64.5 Å². The monoisotopic (exact) mass is 107 g/mol. The van der Waals surface area contributed by atoms with Crippen molar-refractivity contribution in [2.45, 2.75) is 20.1 Å². The van der Waals surface area contributed by atoms with Crippen molar-refractivity contribution in [3.05, 3.63) is 0 Å². The molecule has 0 fully saturated rings. The van der Waals surface area contributed by atoms with Gasteiger partial charge in [-0.3, -0.25) is 0 Å². The zero-order valence-corrected chi connectivity index (χ0v) is 4.85. The number of hydrogen-bond acceptors (Lipinski definition) is 3. The van der Waals surface area contributed by atoms with Crippen molar-refractivity contribution < 1.29 is 9.84 Å². The zero-order chi connectivity index (χ0) is 4.99. The first kappa shape index (κ1) is 9.99. The predicted molar refractivity (Wildman–Crippen MR) is 28.3 cm³/mol. The van der Waals surface area contributed by atoms with Crippen LogP contribution < -0.4 is 6.15 Å². The maximum Gasteiger partial charge on any atom is 0.151 e. The Bertz CT molecular complexity index is 30.9. The maximum absolute atomic E-state index is 8.33. The molecule has 0 saturated heterocycles. The fraction of sp³-hybridized carbons (Fsp3) is 1.00. The normalized spacial score (nSPS) is 12.4. The minimum absolute atomic E-state index is 0. The quantitative estimate of drug-likeness (QED) is 0.506. The van der Waals surface area contributed by atoms with E-state index < -0.39 is 6.29 Å². The smallest absolute Gasteiger partial charge is 0.151 e. The fourth-order valence-electron chi connectivity index (χ4n) is 0.241. The van der Waals surface area contributed by atoms with Crippen LogP contribution in [0.1, 0.15) is 13.8 Å². The van der Waals surface area contributed by atoms with Gasteiger partial charge in [0, 0.05) is 6.61 Å². The van der Waals surface area contributed by atoms with Gasteiger partial charge in [0.2, 0.25) is 0 Å². The molecule has 0 aliphatic carbocycles. The molecule has 0 bridgehead atoms. The highest BCUT2D eigenvalue weighted by molar-refractivity contribution is 4.17.